The lowest BCUT2D eigenvalue weighted by Gasteiger charge is -2.31. The molecule has 2 aromatic heterocycles. The number of nitrogens with zero attached hydrogens (tertiary/aromatic N) is 3. The van der Waals surface area contributed by atoms with Gasteiger partial charge in [0.15, 0.2) is 0 Å². The van der Waals surface area contributed by atoms with Crippen LogP contribution in [0.2, 0.25) is 0 Å². The normalized spacial score (nSPS) is 14.5. The van der Waals surface area contributed by atoms with Crippen LogP contribution in [0.15, 0.2) is 48.7 Å². The predicted octanol–water partition coefficient (Wildman–Crippen LogP) is 3.58. The minimum absolute atomic E-state index is 0.0179. The first kappa shape index (κ1) is 19.8. The van der Waals surface area contributed by atoms with Gasteiger partial charge in [-0.25, -0.2) is 0 Å². The fourth-order valence-electron chi connectivity index (χ4n) is 3.66. The van der Waals surface area contributed by atoms with E-state index < -0.39 is 0 Å². The molecule has 0 aliphatic carbocycles. The van der Waals surface area contributed by atoms with E-state index in [4.69, 9.17) is 0 Å². The van der Waals surface area contributed by atoms with Gasteiger partial charge in [-0.15, -0.1) is 0 Å². The number of aryl methyl sites for hydroxylation is 2. The van der Waals surface area contributed by atoms with E-state index in [0.717, 1.165) is 16.9 Å². The van der Waals surface area contributed by atoms with E-state index in [1.807, 2.05) is 50.2 Å². The molecule has 1 aromatic carbocycles. The number of rotatable bonds is 4. The molecule has 0 unspecified atom stereocenters. The minimum Gasteiger partial charge on any atom is -0.337 e. The summed E-state index contributed by atoms with van der Waals surface area (Å²) in [7, 11) is 0. The fraction of sp³-hybridized carbons (Fsp3) is 0.304. The van der Waals surface area contributed by atoms with E-state index in [0.29, 0.717) is 37.3 Å². The van der Waals surface area contributed by atoms with Gasteiger partial charge in [0.2, 0.25) is 5.91 Å². The maximum Gasteiger partial charge on any atom is 0.271 e. The molecule has 30 heavy (non-hydrogen) atoms. The Labute approximate surface area is 175 Å². The molecule has 0 spiro atoms. The van der Waals surface area contributed by atoms with Crippen LogP contribution in [0.3, 0.4) is 0 Å². The van der Waals surface area contributed by atoms with Gasteiger partial charge < -0.3 is 10.2 Å². The van der Waals surface area contributed by atoms with Gasteiger partial charge in [0.05, 0.1) is 5.69 Å². The number of nitrogens with one attached hydrogen (secondary N) is 2. The third-order valence-electron chi connectivity index (χ3n) is 5.66. The number of hydrogen-bond donors (Lipinski definition) is 2. The number of H-pyrrole nitrogens is 1. The Balaban J connectivity index is 1.34. The number of aromatic nitrogens is 3. The summed E-state index contributed by atoms with van der Waals surface area (Å²) in [4.78, 5) is 31.5. The Morgan fingerprint density at radius 3 is 2.53 bits per heavy atom. The molecule has 7 nitrogen and oxygen atoms in total. The van der Waals surface area contributed by atoms with E-state index in [2.05, 4.69) is 20.5 Å². The third-order valence-corrected chi connectivity index (χ3v) is 5.66. The molecule has 154 valence electrons. The zero-order chi connectivity index (χ0) is 21.1. The molecule has 0 radical (unpaired) electrons. The molecule has 0 bridgehead atoms. The summed E-state index contributed by atoms with van der Waals surface area (Å²) in [5, 5.41) is 10.0. The Kier molecular flexibility index (Phi) is 5.61. The maximum atomic E-state index is 12.8. The van der Waals surface area contributed by atoms with Crippen LogP contribution in [0.25, 0.3) is 11.4 Å². The average Bonchev–Trinajstić information content (AvgIpc) is 3.27. The lowest BCUT2D eigenvalue weighted by Crippen LogP contribution is -2.41. The van der Waals surface area contributed by atoms with Crippen LogP contribution in [0.4, 0.5) is 5.69 Å². The van der Waals surface area contributed by atoms with Crippen molar-refractivity contribution in [1.82, 2.24) is 20.1 Å². The first-order chi connectivity index (χ1) is 14.5. The summed E-state index contributed by atoms with van der Waals surface area (Å²) in [6.45, 7) is 5.17. The molecule has 0 saturated carbocycles. The van der Waals surface area contributed by atoms with Crippen LogP contribution in [0.5, 0.6) is 0 Å². The quantitative estimate of drug-likeness (QED) is 0.697. The van der Waals surface area contributed by atoms with Gasteiger partial charge in [-0.05, 0) is 68.1 Å². The lowest BCUT2D eigenvalue weighted by atomic mass is 9.95. The van der Waals surface area contributed by atoms with Crippen molar-refractivity contribution in [2.24, 2.45) is 5.92 Å². The molecule has 1 aliphatic rings. The molecule has 2 amide bonds. The van der Waals surface area contributed by atoms with Gasteiger partial charge in [0.25, 0.3) is 5.91 Å². The van der Waals surface area contributed by atoms with Crippen molar-refractivity contribution >= 4 is 17.5 Å². The molecule has 1 aliphatic heterocycles. The van der Waals surface area contributed by atoms with E-state index >= 15 is 0 Å². The molecule has 2 N–H and O–H groups in total. The second-order valence-electron chi connectivity index (χ2n) is 7.74. The van der Waals surface area contributed by atoms with Crippen molar-refractivity contribution in [2.45, 2.75) is 26.7 Å². The van der Waals surface area contributed by atoms with E-state index in [-0.39, 0.29) is 17.7 Å². The molecular weight excluding hydrogens is 378 g/mol. The van der Waals surface area contributed by atoms with Crippen LogP contribution in [0, 0.1) is 19.8 Å². The summed E-state index contributed by atoms with van der Waals surface area (Å²) in [5.41, 5.74) is 4.97. The molecule has 1 saturated heterocycles. The smallest absolute Gasteiger partial charge is 0.271 e. The molecule has 7 heteroatoms. The van der Waals surface area contributed by atoms with E-state index in [9.17, 15) is 9.59 Å². The number of benzene rings is 1. The number of amides is 2. The standard InChI is InChI=1S/C23H25N5O2/c1-15-6-7-18(13-16(15)2)25-22(29)17-8-11-28(12-9-17)23(30)21-14-20(26-27-21)19-5-3-4-10-24-19/h3-7,10,13-14,17H,8-9,11-12H2,1-2H3,(H,25,29)(H,26,27). The van der Waals surface area contributed by atoms with Gasteiger partial charge in [0, 0.05) is 30.9 Å². The monoisotopic (exact) mass is 403 g/mol. The van der Waals surface area contributed by atoms with Crippen molar-refractivity contribution in [3.63, 3.8) is 0 Å². The highest BCUT2D eigenvalue weighted by molar-refractivity contribution is 5.95. The topological polar surface area (TPSA) is 91.0 Å². The maximum absolute atomic E-state index is 12.8. The Hall–Kier alpha value is -3.48. The van der Waals surface area contributed by atoms with Crippen LogP contribution >= 0.6 is 0 Å². The lowest BCUT2D eigenvalue weighted by molar-refractivity contribution is -0.121. The van der Waals surface area contributed by atoms with Gasteiger partial charge in [-0.1, -0.05) is 12.1 Å². The molecular formula is C23H25N5O2. The molecule has 0 atom stereocenters. The number of likely N-dealkylation sites (tertiary alicyclic amines) is 1. The highest BCUT2D eigenvalue weighted by atomic mass is 16.2. The number of carbonyl (C=O) groups excluding carboxylic acids is 2. The van der Waals surface area contributed by atoms with Gasteiger partial charge in [0.1, 0.15) is 11.4 Å². The van der Waals surface area contributed by atoms with Crippen molar-refractivity contribution in [3.05, 3.63) is 65.5 Å². The van der Waals surface area contributed by atoms with Crippen LogP contribution in [-0.2, 0) is 4.79 Å². The van der Waals surface area contributed by atoms with Gasteiger partial charge in [-0.2, -0.15) is 5.10 Å². The third kappa shape index (κ3) is 4.25. The summed E-state index contributed by atoms with van der Waals surface area (Å²) in [5.74, 6) is -0.177. The van der Waals surface area contributed by atoms with Crippen LogP contribution in [-0.4, -0.2) is 45.0 Å². The van der Waals surface area contributed by atoms with Crippen molar-refractivity contribution in [1.29, 1.82) is 0 Å². The molecule has 4 rings (SSSR count). The molecule has 1 fully saturated rings. The van der Waals surface area contributed by atoms with Crippen molar-refractivity contribution in [3.8, 4) is 11.4 Å². The van der Waals surface area contributed by atoms with Gasteiger partial charge >= 0.3 is 0 Å². The van der Waals surface area contributed by atoms with E-state index in [1.54, 1.807) is 17.2 Å². The zero-order valence-electron chi connectivity index (χ0n) is 17.2. The van der Waals surface area contributed by atoms with E-state index in [1.165, 1.54) is 5.56 Å². The van der Waals surface area contributed by atoms with Crippen LogP contribution < -0.4 is 5.32 Å². The number of aromatic amines is 1. The predicted molar refractivity (Wildman–Crippen MR) is 115 cm³/mol. The van der Waals surface area contributed by atoms with Crippen molar-refractivity contribution < 1.29 is 9.59 Å². The van der Waals surface area contributed by atoms with Crippen molar-refractivity contribution in [2.75, 3.05) is 18.4 Å². The second kappa shape index (κ2) is 8.49. The number of hydrogen-bond acceptors (Lipinski definition) is 4. The number of anilines is 1. The highest BCUT2D eigenvalue weighted by Crippen LogP contribution is 2.23. The molecule has 3 aromatic rings. The zero-order valence-corrected chi connectivity index (χ0v) is 17.2. The first-order valence-corrected chi connectivity index (χ1v) is 10.2. The summed E-state index contributed by atoms with van der Waals surface area (Å²) in [6, 6.07) is 13.2. The summed E-state index contributed by atoms with van der Waals surface area (Å²) >= 11 is 0. The summed E-state index contributed by atoms with van der Waals surface area (Å²) in [6.07, 6.45) is 2.98. The Morgan fingerprint density at radius 1 is 1.03 bits per heavy atom. The highest BCUT2D eigenvalue weighted by Gasteiger charge is 2.28. The minimum atomic E-state index is -0.0994. The van der Waals surface area contributed by atoms with Crippen LogP contribution in [0.1, 0.15) is 34.5 Å². The SMILES string of the molecule is Cc1ccc(NC(=O)C2CCN(C(=O)c3cc(-c4ccccn4)n[nH]3)CC2)cc1C. The summed E-state index contributed by atoms with van der Waals surface area (Å²) < 4.78 is 0. The average molecular weight is 403 g/mol. The first-order valence-electron chi connectivity index (χ1n) is 10.2. The Morgan fingerprint density at radius 2 is 1.83 bits per heavy atom. The largest absolute Gasteiger partial charge is 0.337 e. The van der Waals surface area contributed by atoms with Gasteiger partial charge in [-0.3, -0.25) is 19.7 Å². The second-order valence-corrected chi connectivity index (χ2v) is 7.74. The number of pyridine rings is 1. The molecule has 3 heterocycles. The number of piperidine rings is 1. The number of carbonyl (C=O) groups is 2. The Bertz CT molecular complexity index is 1050. The fourth-order valence-corrected chi connectivity index (χ4v) is 3.66.